The van der Waals surface area contributed by atoms with Crippen LogP contribution in [-0.2, 0) is 0 Å². The number of rotatable bonds is 2. The molecule has 0 spiro atoms. The maximum absolute atomic E-state index is 9.88. The molecule has 74 valence electrons. The normalized spacial score (nSPS) is 13.4. The quantitative estimate of drug-likeness (QED) is 0.775. The summed E-state index contributed by atoms with van der Waals surface area (Å²) in [6.45, 7) is 5.29. The van der Waals surface area contributed by atoms with E-state index in [9.17, 15) is 5.11 Å². The van der Waals surface area contributed by atoms with E-state index in [4.69, 9.17) is 5.26 Å². The zero-order valence-corrected chi connectivity index (χ0v) is 8.65. The number of pyridine rings is 1. The summed E-state index contributed by atoms with van der Waals surface area (Å²) in [6.07, 6.45) is 0.819. The van der Waals surface area contributed by atoms with Crippen molar-refractivity contribution in [2.24, 2.45) is 5.41 Å². The molecule has 0 radical (unpaired) electrons. The third-order valence-electron chi connectivity index (χ3n) is 2.22. The molecular weight excluding hydrogens is 176 g/mol. The predicted octanol–water partition coefficient (Wildman–Crippen LogP) is 1.97. The van der Waals surface area contributed by atoms with Crippen LogP contribution >= 0.6 is 0 Å². The lowest BCUT2D eigenvalue weighted by Gasteiger charge is -2.22. The van der Waals surface area contributed by atoms with Gasteiger partial charge in [-0.25, -0.2) is 0 Å². The van der Waals surface area contributed by atoms with Gasteiger partial charge in [-0.15, -0.1) is 0 Å². The Bertz CT molecular complexity index is 349. The molecular formula is C11H14N2O. The van der Waals surface area contributed by atoms with Gasteiger partial charge >= 0.3 is 0 Å². The van der Waals surface area contributed by atoms with E-state index in [0.717, 1.165) is 5.69 Å². The fraction of sp³-hybridized carbons (Fsp3) is 0.455. The molecule has 1 atom stereocenters. The molecule has 0 bridgehead atoms. The van der Waals surface area contributed by atoms with Crippen molar-refractivity contribution in [3.05, 3.63) is 29.6 Å². The first-order valence-electron chi connectivity index (χ1n) is 4.49. The van der Waals surface area contributed by atoms with Crippen molar-refractivity contribution in [2.75, 3.05) is 0 Å². The van der Waals surface area contributed by atoms with E-state index in [1.807, 2.05) is 13.0 Å². The molecule has 1 aromatic heterocycles. The van der Waals surface area contributed by atoms with Gasteiger partial charge in [0.15, 0.2) is 0 Å². The summed E-state index contributed by atoms with van der Waals surface area (Å²) in [5, 5.41) is 18.7. The summed E-state index contributed by atoms with van der Waals surface area (Å²) in [7, 11) is 0. The van der Waals surface area contributed by atoms with Gasteiger partial charge in [-0.2, -0.15) is 5.26 Å². The molecule has 1 unspecified atom stereocenters. The van der Waals surface area contributed by atoms with E-state index in [-0.39, 0.29) is 0 Å². The van der Waals surface area contributed by atoms with Crippen molar-refractivity contribution in [2.45, 2.75) is 26.9 Å². The van der Waals surface area contributed by atoms with Crippen LogP contribution < -0.4 is 0 Å². The summed E-state index contributed by atoms with van der Waals surface area (Å²) >= 11 is 0. The van der Waals surface area contributed by atoms with E-state index in [2.05, 4.69) is 11.1 Å². The maximum atomic E-state index is 9.88. The average molecular weight is 190 g/mol. The van der Waals surface area contributed by atoms with Crippen molar-refractivity contribution in [1.29, 1.82) is 5.26 Å². The standard InChI is InChI=1S/C11H14N2O/c1-8-4-5-9(6-13-8)10(14)11(2,3)7-12/h4-6,10,14H,1-3H3. The summed E-state index contributed by atoms with van der Waals surface area (Å²) in [5.74, 6) is 0. The largest absolute Gasteiger partial charge is 0.387 e. The summed E-state index contributed by atoms with van der Waals surface area (Å²) < 4.78 is 0. The minimum atomic E-state index is -0.791. The number of aliphatic hydroxyl groups is 1. The topological polar surface area (TPSA) is 56.9 Å². The lowest BCUT2D eigenvalue weighted by molar-refractivity contribution is 0.0864. The fourth-order valence-corrected chi connectivity index (χ4v) is 1.12. The van der Waals surface area contributed by atoms with E-state index in [1.54, 1.807) is 26.1 Å². The van der Waals surface area contributed by atoms with Crippen LogP contribution in [-0.4, -0.2) is 10.1 Å². The first-order valence-corrected chi connectivity index (χ1v) is 4.49. The Hall–Kier alpha value is -1.40. The molecule has 0 aliphatic heterocycles. The molecule has 0 saturated heterocycles. The van der Waals surface area contributed by atoms with Crippen LogP contribution in [0.25, 0.3) is 0 Å². The second-order valence-corrected chi connectivity index (χ2v) is 3.97. The Morgan fingerprint density at radius 3 is 2.57 bits per heavy atom. The Kier molecular flexibility index (Phi) is 2.87. The molecule has 1 heterocycles. The van der Waals surface area contributed by atoms with Crippen LogP contribution in [0.4, 0.5) is 0 Å². The van der Waals surface area contributed by atoms with Gasteiger partial charge in [-0.3, -0.25) is 4.98 Å². The van der Waals surface area contributed by atoms with Crippen LogP contribution in [0, 0.1) is 23.7 Å². The second kappa shape index (κ2) is 3.77. The third-order valence-corrected chi connectivity index (χ3v) is 2.22. The molecule has 0 aliphatic carbocycles. The van der Waals surface area contributed by atoms with Gasteiger partial charge < -0.3 is 5.11 Å². The van der Waals surface area contributed by atoms with Crippen LogP contribution in [0.3, 0.4) is 0 Å². The minimum absolute atomic E-state index is 0.683. The number of aliphatic hydroxyl groups excluding tert-OH is 1. The highest BCUT2D eigenvalue weighted by Gasteiger charge is 2.28. The molecule has 3 heteroatoms. The van der Waals surface area contributed by atoms with Gasteiger partial charge in [0.05, 0.1) is 17.6 Å². The van der Waals surface area contributed by atoms with Gasteiger partial charge in [0.25, 0.3) is 0 Å². The van der Waals surface area contributed by atoms with Crippen LogP contribution in [0.1, 0.15) is 31.2 Å². The van der Waals surface area contributed by atoms with Gasteiger partial charge in [0, 0.05) is 17.5 Å². The molecule has 3 nitrogen and oxygen atoms in total. The molecule has 1 aromatic rings. The molecule has 0 fully saturated rings. The van der Waals surface area contributed by atoms with Crippen molar-refractivity contribution in [3.8, 4) is 6.07 Å². The fourth-order valence-electron chi connectivity index (χ4n) is 1.12. The highest BCUT2D eigenvalue weighted by Crippen LogP contribution is 2.31. The van der Waals surface area contributed by atoms with Crippen LogP contribution in [0.2, 0.25) is 0 Å². The Balaban J connectivity index is 2.96. The zero-order valence-electron chi connectivity index (χ0n) is 8.65. The summed E-state index contributed by atoms with van der Waals surface area (Å²) in [4.78, 5) is 4.08. The highest BCUT2D eigenvalue weighted by molar-refractivity contribution is 5.20. The first kappa shape index (κ1) is 10.7. The third kappa shape index (κ3) is 2.09. The van der Waals surface area contributed by atoms with Gasteiger partial charge in [-0.05, 0) is 26.8 Å². The van der Waals surface area contributed by atoms with E-state index in [1.165, 1.54) is 0 Å². The number of hydrogen-bond donors (Lipinski definition) is 1. The predicted molar refractivity (Wildman–Crippen MR) is 53.3 cm³/mol. The van der Waals surface area contributed by atoms with E-state index < -0.39 is 11.5 Å². The van der Waals surface area contributed by atoms with Crippen LogP contribution in [0.15, 0.2) is 18.3 Å². The smallest absolute Gasteiger partial charge is 0.0985 e. The zero-order chi connectivity index (χ0) is 10.8. The lowest BCUT2D eigenvalue weighted by atomic mass is 9.85. The van der Waals surface area contributed by atoms with Crippen molar-refractivity contribution < 1.29 is 5.11 Å². The molecule has 0 saturated carbocycles. The number of nitrogens with zero attached hydrogens (tertiary/aromatic N) is 2. The summed E-state index contributed by atoms with van der Waals surface area (Å²) in [6, 6.07) is 5.70. The molecule has 1 N–H and O–H groups in total. The van der Waals surface area contributed by atoms with E-state index in [0.29, 0.717) is 5.56 Å². The van der Waals surface area contributed by atoms with E-state index >= 15 is 0 Å². The van der Waals surface area contributed by atoms with Crippen molar-refractivity contribution >= 4 is 0 Å². The first-order chi connectivity index (χ1) is 6.47. The van der Waals surface area contributed by atoms with Crippen LogP contribution in [0.5, 0.6) is 0 Å². The lowest BCUT2D eigenvalue weighted by Crippen LogP contribution is -2.19. The number of aromatic nitrogens is 1. The number of nitriles is 1. The van der Waals surface area contributed by atoms with Crippen molar-refractivity contribution in [1.82, 2.24) is 4.98 Å². The Labute approximate surface area is 84.0 Å². The number of hydrogen-bond acceptors (Lipinski definition) is 3. The molecule has 1 rings (SSSR count). The van der Waals surface area contributed by atoms with Crippen molar-refractivity contribution in [3.63, 3.8) is 0 Å². The Morgan fingerprint density at radius 2 is 2.14 bits per heavy atom. The Morgan fingerprint density at radius 1 is 1.50 bits per heavy atom. The second-order valence-electron chi connectivity index (χ2n) is 3.97. The minimum Gasteiger partial charge on any atom is -0.387 e. The van der Waals surface area contributed by atoms with Gasteiger partial charge in [0.2, 0.25) is 0 Å². The molecule has 14 heavy (non-hydrogen) atoms. The maximum Gasteiger partial charge on any atom is 0.0985 e. The van der Waals surface area contributed by atoms with Gasteiger partial charge in [-0.1, -0.05) is 6.07 Å². The molecule has 0 aromatic carbocycles. The summed E-state index contributed by atoms with van der Waals surface area (Å²) in [5.41, 5.74) is 0.801. The SMILES string of the molecule is Cc1ccc(C(O)C(C)(C)C#N)cn1. The molecule has 0 amide bonds. The van der Waals surface area contributed by atoms with Gasteiger partial charge in [0.1, 0.15) is 0 Å². The number of aryl methyl sites for hydroxylation is 1. The molecule has 0 aliphatic rings. The average Bonchev–Trinajstić information content (AvgIpc) is 2.18. The highest BCUT2D eigenvalue weighted by atomic mass is 16.3. The monoisotopic (exact) mass is 190 g/mol.